The Morgan fingerprint density at radius 2 is 1.75 bits per heavy atom. The lowest BCUT2D eigenvalue weighted by atomic mass is 9.88. The summed E-state index contributed by atoms with van der Waals surface area (Å²) in [6.45, 7) is 1.69. The van der Waals surface area contributed by atoms with E-state index in [1.165, 1.54) is 7.11 Å². The van der Waals surface area contributed by atoms with Crippen LogP contribution in [-0.4, -0.2) is 12.2 Å². The first-order valence-electron chi connectivity index (χ1n) is 6.06. The highest BCUT2D eigenvalue weighted by molar-refractivity contribution is 6.32. The summed E-state index contributed by atoms with van der Waals surface area (Å²) in [6, 6.07) is 14.0. The molecule has 0 fully saturated rings. The second kappa shape index (κ2) is 5.54. The van der Waals surface area contributed by atoms with E-state index in [1.54, 1.807) is 49.4 Å². The third-order valence-electron chi connectivity index (χ3n) is 3.29. The Bertz CT molecular complexity index is 657. The van der Waals surface area contributed by atoms with Gasteiger partial charge in [-0.2, -0.15) is 5.26 Å². The molecule has 0 heterocycles. The maximum Gasteiger partial charge on any atom is 0.137 e. The molecule has 0 aliphatic heterocycles. The van der Waals surface area contributed by atoms with Crippen LogP contribution in [0.15, 0.2) is 42.5 Å². The Balaban J connectivity index is 2.45. The van der Waals surface area contributed by atoms with Gasteiger partial charge in [-0.3, -0.25) is 0 Å². The molecule has 2 aromatic carbocycles. The molecular weight excluding hydrogens is 274 g/mol. The lowest BCUT2D eigenvalue weighted by Crippen LogP contribution is -2.22. The molecule has 1 unspecified atom stereocenters. The summed E-state index contributed by atoms with van der Waals surface area (Å²) < 4.78 is 5.17. The van der Waals surface area contributed by atoms with Gasteiger partial charge in [0.25, 0.3) is 0 Å². The minimum atomic E-state index is -1.19. The summed E-state index contributed by atoms with van der Waals surface area (Å²) in [6.07, 6.45) is 0. The van der Waals surface area contributed by atoms with Gasteiger partial charge in [0.15, 0.2) is 0 Å². The Morgan fingerprint density at radius 3 is 2.30 bits per heavy atom. The molecule has 2 aromatic rings. The SMILES string of the molecule is COc1cc(C(C)(O)c2ccc(C#N)cc2)ccc1Cl. The van der Waals surface area contributed by atoms with Crippen LogP contribution < -0.4 is 4.74 Å². The van der Waals surface area contributed by atoms with Gasteiger partial charge in [0.1, 0.15) is 11.4 Å². The quantitative estimate of drug-likeness (QED) is 0.940. The highest BCUT2D eigenvalue weighted by Gasteiger charge is 2.26. The largest absolute Gasteiger partial charge is 0.495 e. The van der Waals surface area contributed by atoms with E-state index in [0.29, 0.717) is 27.5 Å². The first kappa shape index (κ1) is 14.4. The number of hydrogen-bond donors (Lipinski definition) is 1. The van der Waals surface area contributed by atoms with Crippen LogP contribution in [0.5, 0.6) is 5.75 Å². The van der Waals surface area contributed by atoms with Gasteiger partial charge in [-0.25, -0.2) is 0 Å². The average Bonchev–Trinajstić information content (AvgIpc) is 2.47. The molecule has 3 nitrogen and oxygen atoms in total. The monoisotopic (exact) mass is 287 g/mol. The van der Waals surface area contributed by atoms with Crippen molar-refractivity contribution in [3.05, 3.63) is 64.2 Å². The molecule has 0 spiro atoms. The van der Waals surface area contributed by atoms with Gasteiger partial charge in [0, 0.05) is 0 Å². The zero-order valence-electron chi connectivity index (χ0n) is 11.2. The molecule has 4 heteroatoms. The van der Waals surface area contributed by atoms with Gasteiger partial charge in [-0.15, -0.1) is 0 Å². The van der Waals surface area contributed by atoms with E-state index >= 15 is 0 Å². The number of rotatable bonds is 3. The minimum Gasteiger partial charge on any atom is -0.495 e. The Morgan fingerprint density at radius 1 is 1.15 bits per heavy atom. The fraction of sp³-hybridized carbons (Fsp3) is 0.188. The third-order valence-corrected chi connectivity index (χ3v) is 3.60. The first-order valence-corrected chi connectivity index (χ1v) is 6.44. The molecule has 0 saturated heterocycles. The molecule has 0 aromatic heterocycles. The summed E-state index contributed by atoms with van der Waals surface area (Å²) >= 11 is 5.99. The molecule has 0 amide bonds. The Labute approximate surface area is 123 Å². The van der Waals surface area contributed by atoms with Gasteiger partial charge in [-0.05, 0) is 42.3 Å². The van der Waals surface area contributed by atoms with Gasteiger partial charge >= 0.3 is 0 Å². The van der Waals surface area contributed by atoms with E-state index in [1.807, 2.05) is 0 Å². The maximum absolute atomic E-state index is 10.8. The van der Waals surface area contributed by atoms with Crippen LogP contribution in [0.3, 0.4) is 0 Å². The Hall–Kier alpha value is -2.02. The minimum absolute atomic E-state index is 0.492. The summed E-state index contributed by atoms with van der Waals surface area (Å²) in [7, 11) is 1.53. The van der Waals surface area contributed by atoms with Gasteiger partial charge in [0.05, 0.1) is 23.8 Å². The molecule has 0 saturated carbocycles. The van der Waals surface area contributed by atoms with Crippen molar-refractivity contribution in [2.24, 2.45) is 0 Å². The van der Waals surface area contributed by atoms with Crippen molar-refractivity contribution < 1.29 is 9.84 Å². The third kappa shape index (κ3) is 2.62. The van der Waals surface area contributed by atoms with E-state index in [4.69, 9.17) is 21.6 Å². The average molecular weight is 288 g/mol. The molecular formula is C16H14ClNO2. The summed E-state index contributed by atoms with van der Waals surface area (Å²) in [5.41, 5.74) is 0.730. The van der Waals surface area contributed by atoms with Crippen LogP contribution in [-0.2, 0) is 5.60 Å². The second-order valence-electron chi connectivity index (χ2n) is 4.61. The number of hydrogen-bond acceptors (Lipinski definition) is 3. The van der Waals surface area contributed by atoms with E-state index in [9.17, 15) is 5.11 Å². The summed E-state index contributed by atoms with van der Waals surface area (Å²) in [4.78, 5) is 0. The lowest BCUT2D eigenvalue weighted by molar-refractivity contribution is 0.102. The number of aliphatic hydroxyl groups is 1. The molecule has 0 bridgehead atoms. The molecule has 2 rings (SSSR count). The molecule has 0 aliphatic carbocycles. The Kier molecular flexibility index (Phi) is 3.99. The van der Waals surface area contributed by atoms with Crippen molar-refractivity contribution >= 4 is 11.6 Å². The van der Waals surface area contributed by atoms with Crippen LogP contribution >= 0.6 is 11.6 Å². The molecule has 20 heavy (non-hydrogen) atoms. The van der Waals surface area contributed by atoms with Gasteiger partial charge < -0.3 is 9.84 Å². The molecule has 1 N–H and O–H groups in total. The van der Waals surface area contributed by atoms with E-state index in [-0.39, 0.29) is 0 Å². The predicted molar refractivity (Wildman–Crippen MR) is 77.8 cm³/mol. The smallest absolute Gasteiger partial charge is 0.137 e. The highest BCUT2D eigenvalue weighted by Crippen LogP contribution is 2.34. The van der Waals surface area contributed by atoms with E-state index < -0.39 is 5.60 Å². The van der Waals surface area contributed by atoms with Crippen molar-refractivity contribution in [3.8, 4) is 11.8 Å². The normalized spacial score (nSPS) is 13.3. The zero-order valence-corrected chi connectivity index (χ0v) is 12.0. The number of ether oxygens (including phenoxy) is 1. The zero-order chi connectivity index (χ0) is 14.8. The van der Waals surface area contributed by atoms with E-state index in [2.05, 4.69) is 6.07 Å². The number of halogens is 1. The van der Waals surface area contributed by atoms with Crippen LogP contribution in [0.25, 0.3) is 0 Å². The van der Waals surface area contributed by atoms with E-state index in [0.717, 1.165) is 0 Å². The molecule has 0 radical (unpaired) electrons. The lowest BCUT2D eigenvalue weighted by Gasteiger charge is -2.25. The van der Waals surface area contributed by atoms with Crippen molar-refractivity contribution in [1.82, 2.24) is 0 Å². The topological polar surface area (TPSA) is 53.2 Å². The van der Waals surface area contributed by atoms with Crippen molar-refractivity contribution in [2.75, 3.05) is 7.11 Å². The number of nitrogens with zero attached hydrogens (tertiary/aromatic N) is 1. The maximum atomic E-state index is 10.8. The fourth-order valence-electron chi connectivity index (χ4n) is 2.00. The number of benzene rings is 2. The fourth-order valence-corrected chi connectivity index (χ4v) is 2.19. The van der Waals surface area contributed by atoms with Crippen LogP contribution in [0, 0.1) is 11.3 Å². The highest BCUT2D eigenvalue weighted by atomic mass is 35.5. The van der Waals surface area contributed by atoms with Crippen molar-refractivity contribution in [1.29, 1.82) is 5.26 Å². The van der Waals surface area contributed by atoms with Gasteiger partial charge in [0.2, 0.25) is 0 Å². The summed E-state index contributed by atoms with van der Waals surface area (Å²) in [5, 5.41) is 20.0. The van der Waals surface area contributed by atoms with Crippen molar-refractivity contribution in [3.63, 3.8) is 0 Å². The summed E-state index contributed by atoms with van der Waals surface area (Å²) in [5.74, 6) is 0.512. The van der Waals surface area contributed by atoms with Crippen LogP contribution in [0.2, 0.25) is 5.02 Å². The van der Waals surface area contributed by atoms with Crippen LogP contribution in [0.1, 0.15) is 23.6 Å². The van der Waals surface area contributed by atoms with Crippen molar-refractivity contribution in [2.45, 2.75) is 12.5 Å². The predicted octanol–water partition coefficient (Wildman–Crippen LogP) is 3.48. The first-order chi connectivity index (χ1) is 9.48. The molecule has 102 valence electrons. The van der Waals surface area contributed by atoms with Gasteiger partial charge in [-0.1, -0.05) is 29.8 Å². The number of nitriles is 1. The second-order valence-corrected chi connectivity index (χ2v) is 5.02. The number of methoxy groups -OCH3 is 1. The van der Waals surface area contributed by atoms with Crippen LogP contribution in [0.4, 0.5) is 0 Å². The molecule has 0 aliphatic rings. The standard InChI is InChI=1S/C16H14ClNO2/c1-16(19,12-5-3-11(10-18)4-6-12)13-7-8-14(17)15(9-13)20-2/h3-9,19H,1-2H3. The molecule has 1 atom stereocenters.